The van der Waals surface area contributed by atoms with Crippen LogP contribution in [0.25, 0.3) is 20.2 Å². The van der Waals surface area contributed by atoms with Crippen molar-refractivity contribution in [1.29, 1.82) is 0 Å². The third-order valence-electron chi connectivity index (χ3n) is 3.30. The molecule has 0 saturated heterocycles. The molecule has 0 atom stereocenters. The SMILES string of the molecule is CS(=O)(=O)Oc1cc2c(cc1Br)sc1cc(Br)c(OS(=O)(=O)C(F)(F)F)cc12. The molecule has 0 unspecified atom stereocenters. The lowest BCUT2D eigenvalue weighted by Crippen LogP contribution is -2.28. The second kappa shape index (κ2) is 7.00. The van der Waals surface area contributed by atoms with Crippen LogP contribution in [0.4, 0.5) is 13.2 Å². The lowest BCUT2D eigenvalue weighted by Gasteiger charge is -2.11. The van der Waals surface area contributed by atoms with E-state index in [0.717, 1.165) is 12.3 Å². The zero-order chi connectivity index (χ0) is 21.1. The average molecular weight is 584 g/mol. The largest absolute Gasteiger partial charge is 0.534 e. The van der Waals surface area contributed by atoms with E-state index in [0.29, 0.717) is 24.6 Å². The van der Waals surface area contributed by atoms with Gasteiger partial charge in [-0.05, 0) is 56.1 Å². The lowest BCUT2D eigenvalue weighted by molar-refractivity contribution is -0.0500. The maximum absolute atomic E-state index is 12.6. The van der Waals surface area contributed by atoms with Crippen molar-refractivity contribution in [3.63, 3.8) is 0 Å². The van der Waals surface area contributed by atoms with Crippen LogP contribution < -0.4 is 8.37 Å². The van der Waals surface area contributed by atoms with Crippen molar-refractivity contribution in [1.82, 2.24) is 0 Å². The first-order valence-electron chi connectivity index (χ1n) is 6.93. The minimum Gasteiger partial charge on any atom is -0.381 e. The fourth-order valence-electron chi connectivity index (χ4n) is 2.23. The van der Waals surface area contributed by atoms with E-state index in [-0.39, 0.29) is 10.2 Å². The van der Waals surface area contributed by atoms with Gasteiger partial charge < -0.3 is 8.37 Å². The topological polar surface area (TPSA) is 86.7 Å². The van der Waals surface area contributed by atoms with Crippen molar-refractivity contribution in [3.8, 4) is 11.5 Å². The fourth-order valence-corrected chi connectivity index (χ4v) is 5.68. The van der Waals surface area contributed by atoms with Gasteiger partial charge in [0, 0.05) is 20.2 Å². The molecule has 0 bridgehead atoms. The summed E-state index contributed by atoms with van der Waals surface area (Å²) in [6, 6.07) is 5.50. The van der Waals surface area contributed by atoms with Crippen LogP contribution in [0.2, 0.25) is 0 Å². The van der Waals surface area contributed by atoms with Gasteiger partial charge in [-0.15, -0.1) is 11.3 Å². The Morgan fingerprint density at radius 3 is 1.68 bits per heavy atom. The Labute approximate surface area is 177 Å². The molecule has 28 heavy (non-hydrogen) atoms. The number of hydrogen-bond donors (Lipinski definition) is 0. The van der Waals surface area contributed by atoms with Crippen molar-refractivity contribution in [3.05, 3.63) is 33.2 Å². The molecule has 1 aromatic heterocycles. The highest BCUT2D eigenvalue weighted by molar-refractivity contribution is 9.11. The minimum atomic E-state index is -5.86. The average Bonchev–Trinajstić information content (AvgIpc) is 2.81. The Bertz CT molecular complexity index is 1310. The van der Waals surface area contributed by atoms with Gasteiger partial charge >= 0.3 is 25.7 Å². The lowest BCUT2D eigenvalue weighted by atomic mass is 10.1. The summed E-state index contributed by atoms with van der Waals surface area (Å²) >= 11 is 7.45. The fraction of sp³-hybridized carbons (Fsp3) is 0.143. The standard InChI is InChI=1S/C14H7Br2F3O6S3/c1-27(20,21)24-10-2-6-7-3-11(25-28(22,23)14(17,18)19)9(16)5-13(7)26-12(6)4-8(10)15/h2-5H,1H3. The summed E-state index contributed by atoms with van der Waals surface area (Å²) in [5.74, 6) is -0.582. The van der Waals surface area contributed by atoms with Crippen LogP contribution in [0.3, 0.4) is 0 Å². The molecule has 14 heteroatoms. The van der Waals surface area contributed by atoms with Gasteiger partial charge in [-0.1, -0.05) is 0 Å². The van der Waals surface area contributed by atoms with Crippen LogP contribution in [-0.4, -0.2) is 28.6 Å². The first-order valence-corrected chi connectivity index (χ1v) is 12.6. The molecule has 0 N–H and O–H groups in total. The predicted octanol–water partition coefficient (Wildman–Crippen LogP) is 5.15. The number of thiophene rings is 1. The second-order valence-corrected chi connectivity index (χ2v) is 11.3. The van der Waals surface area contributed by atoms with Gasteiger partial charge in [0.2, 0.25) is 0 Å². The molecule has 0 radical (unpaired) electrons. The van der Waals surface area contributed by atoms with Gasteiger partial charge in [-0.3, -0.25) is 0 Å². The Balaban J connectivity index is 2.21. The van der Waals surface area contributed by atoms with Crippen molar-refractivity contribution in [2.75, 3.05) is 6.26 Å². The van der Waals surface area contributed by atoms with E-state index >= 15 is 0 Å². The Morgan fingerprint density at radius 1 is 0.857 bits per heavy atom. The van der Waals surface area contributed by atoms with Gasteiger partial charge in [-0.25, -0.2) is 0 Å². The van der Waals surface area contributed by atoms with E-state index in [1.807, 2.05) is 0 Å². The van der Waals surface area contributed by atoms with Crippen molar-refractivity contribution in [2.45, 2.75) is 5.51 Å². The third kappa shape index (κ3) is 4.25. The van der Waals surface area contributed by atoms with Crippen molar-refractivity contribution < 1.29 is 38.4 Å². The quantitative estimate of drug-likeness (QED) is 0.312. The molecule has 0 aliphatic carbocycles. The molecule has 6 nitrogen and oxygen atoms in total. The zero-order valence-corrected chi connectivity index (χ0v) is 19.0. The highest BCUT2D eigenvalue weighted by Gasteiger charge is 2.48. The zero-order valence-electron chi connectivity index (χ0n) is 13.4. The van der Waals surface area contributed by atoms with E-state index < -0.39 is 31.5 Å². The summed E-state index contributed by atoms with van der Waals surface area (Å²) in [5, 5.41) is 0.810. The molecule has 0 aliphatic rings. The molecule has 3 aromatic rings. The maximum atomic E-state index is 12.6. The number of hydrogen-bond acceptors (Lipinski definition) is 7. The first kappa shape index (κ1) is 21.6. The summed E-state index contributed by atoms with van der Waals surface area (Å²) in [4.78, 5) is 0. The minimum absolute atomic E-state index is 0.00561. The van der Waals surface area contributed by atoms with Crippen molar-refractivity contribution in [2.24, 2.45) is 0 Å². The molecule has 0 aliphatic heterocycles. The molecule has 0 saturated carbocycles. The van der Waals surface area contributed by atoms with Gasteiger partial charge in [0.1, 0.15) is 0 Å². The van der Waals surface area contributed by atoms with E-state index in [9.17, 15) is 30.0 Å². The highest BCUT2D eigenvalue weighted by atomic mass is 79.9. The number of halogens is 5. The Hall–Kier alpha value is -1.09. The number of rotatable bonds is 4. The van der Waals surface area contributed by atoms with Crippen LogP contribution >= 0.6 is 43.2 Å². The van der Waals surface area contributed by atoms with Crippen LogP contribution in [0.5, 0.6) is 11.5 Å². The van der Waals surface area contributed by atoms with Gasteiger partial charge in [-0.2, -0.15) is 30.0 Å². The second-order valence-electron chi connectivity index (χ2n) is 5.43. The predicted molar refractivity (Wildman–Crippen MR) is 106 cm³/mol. The number of fused-ring (bicyclic) bond motifs is 3. The van der Waals surface area contributed by atoms with E-state index in [1.54, 1.807) is 6.07 Å². The smallest absolute Gasteiger partial charge is 0.381 e. The number of alkyl halides is 3. The molecule has 152 valence electrons. The molecule has 0 fully saturated rings. The molecule has 0 spiro atoms. The molecular weight excluding hydrogens is 577 g/mol. The molecular formula is C14H7Br2F3O6S3. The molecule has 3 rings (SSSR count). The van der Waals surface area contributed by atoms with Gasteiger partial charge in [0.15, 0.2) is 11.5 Å². The normalized spacial score (nSPS) is 13.2. The maximum Gasteiger partial charge on any atom is 0.534 e. The van der Waals surface area contributed by atoms with Crippen molar-refractivity contribution >= 4 is 83.6 Å². The van der Waals surface area contributed by atoms with Gasteiger partial charge in [0.05, 0.1) is 15.2 Å². The van der Waals surface area contributed by atoms with Crippen LogP contribution in [0.15, 0.2) is 33.2 Å². The molecule has 0 amide bonds. The summed E-state index contributed by atoms with van der Waals surface area (Å²) in [6.07, 6.45) is 0.862. The van der Waals surface area contributed by atoms with Crippen LogP contribution in [0, 0.1) is 0 Å². The molecule has 2 aromatic carbocycles. The van der Waals surface area contributed by atoms with Crippen LogP contribution in [-0.2, 0) is 20.2 Å². The summed E-state index contributed by atoms with van der Waals surface area (Å²) in [7, 11) is -9.68. The van der Waals surface area contributed by atoms with Gasteiger partial charge in [0.25, 0.3) is 0 Å². The monoisotopic (exact) mass is 582 g/mol. The highest BCUT2D eigenvalue weighted by Crippen LogP contribution is 2.44. The van der Waals surface area contributed by atoms with Crippen LogP contribution in [0.1, 0.15) is 0 Å². The van der Waals surface area contributed by atoms with E-state index in [4.69, 9.17) is 4.18 Å². The Morgan fingerprint density at radius 2 is 1.29 bits per heavy atom. The summed E-state index contributed by atoms with van der Waals surface area (Å²) in [6.45, 7) is 0. The number of benzene rings is 2. The molecule has 1 heterocycles. The summed E-state index contributed by atoms with van der Waals surface area (Å²) < 4.78 is 94.0. The van der Waals surface area contributed by atoms with E-state index in [2.05, 4.69) is 36.0 Å². The summed E-state index contributed by atoms with van der Waals surface area (Å²) in [5.41, 5.74) is -5.58. The first-order chi connectivity index (χ1) is 12.7. The third-order valence-corrected chi connectivity index (χ3v) is 7.11. The van der Waals surface area contributed by atoms with E-state index in [1.165, 1.54) is 23.5 Å². The Kier molecular flexibility index (Phi) is 5.41.